The molecule has 0 aliphatic heterocycles. The molecule has 0 radical (unpaired) electrons. The van der Waals surface area contributed by atoms with Crippen molar-refractivity contribution in [2.75, 3.05) is 20.8 Å². The second-order valence-corrected chi connectivity index (χ2v) is 9.72. The van der Waals surface area contributed by atoms with Crippen LogP contribution in [0.2, 0.25) is 0 Å². The largest absolute Gasteiger partial charge is 0.496 e. The summed E-state index contributed by atoms with van der Waals surface area (Å²) < 4.78 is 24.4. The van der Waals surface area contributed by atoms with Gasteiger partial charge in [-0.05, 0) is 47.2 Å². The molecule has 0 aliphatic rings. The summed E-state index contributed by atoms with van der Waals surface area (Å²) in [5, 5.41) is 16.5. The predicted octanol–water partition coefficient (Wildman–Crippen LogP) is 5.77. The van der Waals surface area contributed by atoms with Crippen molar-refractivity contribution in [2.24, 2.45) is 4.99 Å². The molecular formula is C26H22N4O6S2. The third-order valence-electron chi connectivity index (χ3n) is 5.51. The van der Waals surface area contributed by atoms with Crippen LogP contribution in [0.25, 0.3) is 27.4 Å². The van der Waals surface area contributed by atoms with Crippen molar-refractivity contribution in [3.05, 3.63) is 70.9 Å². The molecule has 0 atom stereocenters. The first-order valence-corrected chi connectivity index (χ1v) is 13.1. The van der Waals surface area contributed by atoms with Gasteiger partial charge in [0.05, 0.1) is 37.1 Å². The zero-order chi connectivity index (χ0) is 26.6. The van der Waals surface area contributed by atoms with E-state index in [1.165, 1.54) is 23.1 Å². The van der Waals surface area contributed by atoms with E-state index in [2.05, 4.69) is 21.8 Å². The Morgan fingerprint density at radius 1 is 1.24 bits per heavy atom. The Bertz CT molecular complexity index is 1620. The standard InChI is InChI=1S/C26H22N4O6S2/c1-27-17(14-37-13-15-4-6-16(7-5-15)24(31)32)12-35-21-8-18(33-2)9-22-19(21)10-23(36-22)20-11-30-25(28-20)38-26(29-30)34-3/h4-11,14H,1,12-13H2,2-3H3,(H,31,32)/b17-14-. The molecular weight excluding hydrogens is 528 g/mol. The SMILES string of the molecule is C=N/C(=C\SCc1ccc(C(=O)O)cc1)COc1cc(OC)cc2oc(-c3cn4nc(OC)sc4n3)cc12. The number of ether oxygens (including phenoxy) is 3. The Labute approximate surface area is 225 Å². The summed E-state index contributed by atoms with van der Waals surface area (Å²) in [6.45, 7) is 3.83. The van der Waals surface area contributed by atoms with E-state index in [1.807, 2.05) is 11.5 Å². The molecule has 5 aromatic rings. The van der Waals surface area contributed by atoms with Crippen molar-refractivity contribution >= 4 is 51.7 Å². The number of imidazole rings is 1. The number of aromatic nitrogens is 3. The summed E-state index contributed by atoms with van der Waals surface area (Å²) >= 11 is 2.85. The Morgan fingerprint density at radius 3 is 2.74 bits per heavy atom. The van der Waals surface area contributed by atoms with Crippen LogP contribution in [0, 0.1) is 0 Å². The summed E-state index contributed by atoms with van der Waals surface area (Å²) in [6, 6.07) is 12.2. The number of carboxylic acid groups (broad SMARTS) is 1. The molecule has 0 saturated heterocycles. The summed E-state index contributed by atoms with van der Waals surface area (Å²) in [5.74, 6) is 1.42. The quantitative estimate of drug-likeness (QED) is 0.204. The Kier molecular flexibility index (Phi) is 7.33. The van der Waals surface area contributed by atoms with Crippen LogP contribution in [-0.4, -0.2) is 53.2 Å². The van der Waals surface area contributed by atoms with Crippen LogP contribution in [-0.2, 0) is 5.75 Å². The fourth-order valence-corrected chi connectivity index (χ4v) is 5.08. The molecule has 2 aromatic carbocycles. The number of thioether (sulfide) groups is 1. The number of methoxy groups -OCH3 is 2. The molecule has 0 aliphatic carbocycles. The molecule has 38 heavy (non-hydrogen) atoms. The first-order valence-electron chi connectivity index (χ1n) is 11.2. The van der Waals surface area contributed by atoms with Gasteiger partial charge < -0.3 is 23.7 Å². The average Bonchev–Trinajstić information content (AvgIpc) is 3.63. The first kappa shape index (κ1) is 25.4. The Hall–Kier alpha value is -4.29. The molecule has 0 spiro atoms. The minimum atomic E-state index is -0.946. The number of hydrogen-bond acceptors (Lipinski definition) is 10. The van der Waals surface area contributed by atoms with Gasteiger partial charge in [0.15, 0.2) is 5.76 Å². The highest BCUT2D eigenvalue weighted by Crippen LogP contribution is 2.37. The van der Waals surface area contributed by atoms with Crippen molar-refractivity contribution in [1.29, 1.82) is 0 Å². The highest BCUT2D eigenvalue weighted by Gasteiger charge is 2.17. The van der Waals surface area contributed by atoms with E-state index in [9.17, 15) is 4.79 Å². The fourth-order valence-electron chi connectivity index (χ4n) is 3.58. The third-order valence-corrected chi connectivity index (χ3v) is 7.33. The number of aromatic carboxylic acids is 1. The average molecular weight is 551 g/mol. The Balaban J connectivity index is 1.32. The molecule has 194 valence electrons. The molecule has 0 unspecified atom stereocenters. The number of aliphatic imine (C=N–C) groups is 1. The lowest BCUT2D eigenvalue weighted by atomic mass is 10.1. The highest BCUT2D eigenvalue weighted by molar-refractivity contribution is 8.01. The van der Waals surface area contributed by atoms with Gasteiger partial charge in [-0.15, -0.1) is 16.9 Å². The molecule has 0 amide bonds. The summed E-state index contributed by atoms with van der Waals surface area (Å²) in [5.41, 5.74) is 3.12. The van der Waals surface area contributed by atoms with Crippen LogP contribution in [0.15, 0.2) is 69.2 Å². The number of rotatable bonds is 11. The van der Waals surface area contributed by atoms with Gasteiger partial charge in [-0.25, -0.2) is 14.3 Å². The van der Waals surface area contributed by atoms with Gasteiger partial charge in [0.1, 0.15) is 29.4 Å². The molecule has 0 saturated carbocycles. The fraction of sp³-hybridized carbons (Fsp3) is 0.154. The van der Waals surface area contributed by atoms with Gasteiger partial charge in [0.25, 0.3) is 5.19 Å². The lowest BCUT2D eigenvalue weighted by Crippen LogP contribution is -2.00. The minimum absolute atomic E-state index is 0.182. The summed E-state index contributed by atoms with van der Waals surface area (Å²) in [7, 11) is 3.14. The number of nitrogens with zero attached hydrogens (tertiary/aromatic N) is 4. The smallest absolute Gasteiger partial charge is 0.335 e. The monoisotopic (exact) mass is 550 g/mol. The van der Waals surface area contributed by atoms with Crippen molar-refractivity contribution in [2.45, 2.75) is 5.75 Å². The molecule has 0 bridgehead atoms. The van der Waals surface area contributed by atoms with E-state index in [4.69, 9.17) is 23.7 Å². The van der Waals surface area contributed by atoms with E-state index in [0.29, 0.717) is 50.1 Å². The second-order valence-electron chi connectivity index (χ2n) is 7.94. The highest BCUT2D eigenvalue weighted by atomic mass is 32.2. The summed E-state index contributed by atoms with van der Waals surface area (Å²) in [4.78, 5) is 20.4. The van der Waals surface area contributed by atoms with Crippen LogP contribution >= 0.6 is 23.1 Å². The van der Waals surface area contributed by atoms with Crippen LogP contribution < -0.4 is 14.2 Å². The molecule has 5 rings (SSSR count). The number of furan rings is 1. The van der Waals surface area contributed by atoms with Crippen LogP contribution in [0.3, 0.4) is 0 Å². The van der Waals surface area contributed by atoms with E-state index < -0.39 is 5.97 Å². The molecule has 1 N–H and O–H groups in total. The maximum absolute atomic E-state index is 11.0. The first-order chi connectivity index (χ1) is 18.5. The van der Waals surface area contributed by atoms with Crippen molar-refractivity contribution in [3.8, 4) is 28.1 Å². The number of fused-ring (bicyclic) bond motifs is 2. The number of carbonyl (C=O) groups is 1. The molecule has 0 fully saturated rings. The molecule has 3 heterocycles. The van der Waals surface area contributed by atoms with E-state index in [-0.39, 0.29) is 12.2 Å². The maximum atomic E-state index is 11.0. The van der Waals surface area contributed by atoms with E-state index >= 15 is 0 Å². The van der Waals surface area contributed by atoms with Gasteiger partial charge in [0, 0.05) is 17.9 Å². The van der Waals surface area contributed by atoms with Gasteiger partial charge in [-0.2, -0.15) is 0 Å². The lowest BCUT2D eigenvalue weighted by Gasteiger charge is -2.09. The molecule has 3 aromatic heterocycles. The van der Waals surface area contributed by atoms with Crippen molar-refractivity contribution in [3.63, 3.8) is 0 Å². The maximum Gasteiger partial charge on any atom is 0.335 e. The topological polar surface area (TPSA) is 121 Å². The third kappa shape index (κ3) is 5.36. The van der Waals surface area contributed by atoms with Crippen LogP contribution in [0.1, 0.15) is 15.9 Å². The predicted molar refractivity (Wildman–Crippen MR) is 147 cm³/mol. The molecule has 10 nitrogen and oxygen atoms in total. The van der Waals surface area contributed by atoms with Gasteiger partial charge in [-0.1, -0.05) is 12.1 Å². The van der Waals surface area contributed by atoms with Crippen LogP contribution in [0.4, 0.5) is 0 Å². The zero-order valence-corrected chi connectivity index (χ0v) is 22.0. The van der Waals surface area contributed by atoms with Gasteiger partial charge >= 0.3 is 5.97 Å². The molecule has 12 heteroatoms. The van der Waals surface area contributed by atoms with Crippen molar-refractivity contribution in [1.82, 2.24) is 14.6 Å². The Morgan fingerprint density at radius 2 is 2.05 bits per heavy atom. The van der Waals surface area contributed by atoms with Crippen LogP contribution in [0.5, 0.6) is 16.7 Å². The summed E-state index contributed by atoms with van der Waals surface area (Å²) in [6.07, 6.45) is 1.78. The second kappa shape index (κ2) is 11.0. The van der Waals surface area contributed by atoms with Gasteiger partial charge in [0.2, 0.25) is 4.96 Å². The number of hydrogen-bond donors (Lipinski definition) is 1. The van der Waals surface area contributed by atoms with E-state index in [0.717, 1.165) is 10.9 Å². The normalized spacial score (nSPS) is 11.7. The number of carboxylic acids is 1. The van der Waals surface area contributed by atoms with Crippen molar-refractivity contribution < 1.29 is 28.5 Å². The van der Waals surface area contributed by atoms with E-state index in [1.54, 1.807) is 61.3 Å². The van der Waals surface area contributed by atoms with Gasteiger partial charge in [-0.3, -0.25) is 4.99 Å². The number of benzene rings is 2. The zero-order valence-electron chi connectivity index (χ0n) is 20.4. The lowest BCUT2D eigenvalue weighted by molar-refractivity contribution is 0.0697. The minimum Gasteiger partial charge on any atom is -0.496 e.